The van der Waals surface area contributed by atoms with Crippen LogP contribution in [0.2, 0.25) is 0 Å². The summed E-state index contributed by atoms with van der Waals surface area (Å²) < 4.78 is 33.7. The van der Waals surface area contributed by atoms with E-state index < -0.39 is 17.3 Å². The molecule has 192 valence electrons. The highest BCUT2D eigenvalue weighted by molar-refractivity contribution is 5.89. The Morgan fingerprint density at radius 3 is 2.58 bits per heavy atom. The van der Waals surface area contributed by atoms with E-state index in [2.05, 4.69) is 20.3 Å². The number of carboxylic acids is 1. The van der Waals surface area contributed by atoms with E-state index in [-0.39, 0.29) is 18.0 Å². The fraction of sp³-hybridized carbons (Fsp3) is 0.111. The van der Waals surface area contributed by atoms with E-state index in [0.29, 0.717) is 58.4 Å². The molecule has 0 bridgehead atoms. The van der Waals surface area contributed by atoms with E-state index in [4.69, 9.17) is 15.5 Å². The summed E-state index contributed by atoms with van der Waals surface area (Å²) in [5.41, 5.74) is 8.90. The van der Waals surface area contributed by atoms with Crippen molar-refractivity contribution in [3.8, 4) is 28.4 Å². The third kappa shape index (κ3) is 5.13. The first-order valence-electron chi connectivity index (χ1n) is 11.6. The van der Waals surface area contributed by atoms with Gasteiger partial charge in [-0.2, -0.15) is 0 Å². The number of carbonyl (C=O) groups is 1. The van der Waals surface area contributed by atoms with Gasteiger partial charge in [-0.25, -0.2) is 28.5 Å². The lowest BCUT2D eigenvalue weighted by Gasteiger charge is -2.07. The van der Waals surface area contributed by atoms with E-state index in [1.807, 2.05) is 12.1 Å². The van der Waals surface area contributed by atoms with Gasteiger partial charge in [-0.05, 0) is 48.5 Å². The van der Waals surface area contributed by atoms with Crippen LogP contribution in [0.3, 0.4) is 0 Å². The lowest BCUT2D eigenvalue weighted by atomic mass is 10.0. The highest BCUT2D eigenvalue weighted by Gasteiger charge is 2.17. The van der Waals surface area contributed by atoms with Gasteiger partial charge in [0.2, 0.25) is 5.88 Å². The number of hydrogen-bond acceptors (Lipinski definition) is 7. The molecule has 11 heteroatoms. The Bertz CT molecular complexity index is 1620. The molecule has 38 heavy (non-hydrogen) atoms. The van der Waals surface area contributed by atoms with E-state index in [1.165, 1.54) is 36.5 Å². The smallest absolute Gasteiger partial charge is 0.338 e. The van der Waals surface area contributed by atoms with Gasteiger partial charge in [-0.15, -0.1) is 0 Å². The Balaban J connectivity index is 1.52. The van der Waals surface area contributed by atoms with Crippen LogP contribution in [0.4, 0.5) is 14.5 Å². The molecule has 5 aromatic rings. The van der Waals surface area contributed by atoms with Gasteiger partial charge in [-0.3, -0.25) is 0 Å². The van der Waals surface area contributed by atoms with Gasteiger partial charge in [0.15, 0.2) is 5.82 Å². The molecule has 0 saturated carbocycles. The lowest BCUT2D eigenvalue weighted by molar-refractivity contribution is 0.0692. The van der Waals surface area contributed by atoms with Gasteiger partial charge >= 0.3 is 5.97 Å². The number of rotatable bonds is 9. The predicted octanol–water partition coefficient (Wildman–Crippen LogP) is 4.61. The van der Waals surface area contributed by atoms with Gasteiger partial charge in [-0.1, -0.05) is 12.1 Å². The maximum absolute atomic E-state index is 14.6. The van der Waals surface area contributed by atoms with Crippen LogP contribution in [0, 0.1) is 11.6 Å². The summed E-state index contributed by atoms with van der Waals surface area (Å²) in [6.07, 6.45) is 1.53. The summed E-state index contributed by atoms with van der Waals surface area (Å²) in [4.78, 5) is 28.1. The van der Waals surface area contributed by atoms with Crippen molar-refractivity contribution in [2.24, 2.45) is 5.73 Å². The van der Waals surface area contributed by atoms with Crippen molar-refractivity contribution in [3.63, 3.8) is 0 Å². The zero-order valence-corrected chi connectivity index (χ0v) is 19.9. The largest absolute Gasteiger partial charge is 0.478 e. The third-order valence-electron chi connectivity index (χ3n) is 5.72. The number of benzene rings is 3. The number of anilines is 1. The van der Waals surface area contributed by atoms with Gasteiger partial charge in [0.05, 0.1) is 46.4 Å². The molecule has 2 heterocycles. The van der Waals surface area contributed by atoms with E-state index >= 15 is 0 Å². The molecule has 5 rings (SSSR count). The monoisotopic (exact) mass is 516 g/mol. The van der Waals surface area contributed by atoms with Crippen molar-refractivity contribution >= 4 is 22.7 Å². The molecule has 0 atom stereocenters. The van der Waals surface area contributed by atoms with Crippen LogP contribution in [0.15, 0.2) is 66.9 Å². The Morgan fingerprint density at radius 1 is 1.03 bits per heavy atom. The van der Waals surface area contributed by atoms with Crippen LogP contribution in [0.1, 0.15) is 16.2 Å². The van der Waals surface area contributed by atoms with E-state index in [9.17, 15) is 18.7 Å². The lowest BCUT2D eigenvalue weighted by Crippen LogP contribution is -2.11. The molecule has 0 spiro atoms. The van der Waals surface area contributed by atoms with Crippen molar-refractivity contribution in [2.45, 2.75) is 6.54 Å². The minimum Gasteiger partial charge on any atom is -0.478 e. The number of nitrogens with two attached hydrogens (primary N) is 1. The number of aromatic nitrogens is 4. The number of aromatic amines is 1. The van der Waals surface area contributed by atoms with Crippen LogP contribution >= 0.6 is 0 Å². The first kappa shape index (κ1) is 24.8. The average Bonchev–Trinajstić information content (AvgIpc) is 3.35. The van der Waals surface area contributed by atoms with E-state index in [0.717, 1.165) is 0 Å². The molecule has 0 aliphatic rings. The first-order chi connectivity index (χ1) is 18.4. The molecule has 0 fully saturated rings. The Kier molecular flexibility index (Phi) is 6.92. The van der Waals surface area contributed by atoms with Crippen molar-refractivity contribution in [1.82, 2.24) is 19.9 Å². The van der Waals surface area contributed by atoms with Gasteiger partial charge in [0.25, 0.3) is 0 Å². The molecule has 2 aromatic heterocycles. The highest BCUT2D eigenvalue weighted by Crippen LogP contribution is 2.32. The second-order valence-corrected chi connectivity index (χ2v) is 8.29. The Hall–Kier alpha value is -4.90. The van der Waals surface area contributed by atoms with Crippen molar-refractivity contribution in [1.29, 1.82) is 0 Å². The Labute approximate surface area is 215 Å². The highest BCUT2D eigenvalue weighted by atomic mass is 19.1. The second-order valence-electron chi connectivity index (χ2n) is 8.29. The summed E-state index contributed by atoms with van der Waals surface area (Å²) >= 11 is 0. The third-order valence-corrected chi connectivity index (χ3v) is 5.72. The second kappa shape index (κ2) is 10.6. The number of H-pyrrole nitrogens is 1. The number of ether oxygens (including phenoxy) is 1. The molecular formula is C27H22F2N6O3. The van der Waals surface area contributed by atoms with Crippen LogP contribution in [-0.4, -0.2) is 44.2 Å². The van der Waals surface area contributed by atoms with Crippen LogP contribution in [-0.2, 0) is 6.54 Å². The maximum atomic E-state index is 14.6. The fourth-order valence-corrected chi connectivity index (χ4v) is 3.93. The minimum absolute atomic E-state index is 0.0252. The van der Waals surface area contributed by atoms with Crippen LogP contribution < -0.4 is 15.8 Å². The first-order valence-corrected chi connectivity index (χ1v) is 11.6. The van der Waals surface area contributed by atoms with E-state index in [1.54, 1.807) is 18.2 Å². The zero-order chi connectivity index (χ0) is 26.6. The number of fused-ring (bicyclic) bond motifs is 1. The fourth-order valence-electron chi connectivity index (χ4n) is 3.93. The number of aromatic carboxylic acids is 1. The molecular weight excluding hydrogens is 494 g/mol. The van der Waals surface area contributed by atoms with Crippen LogP contribution in [0.5, 0.6) is 5.88 Å². The molecule has 0 aliphatic carbocycles. The molecule has 0 saturated heterocycles. The summed E-state index contributed by atoms with van der Waals surface area (Å²) in [7, 11) is 0. The number of imidazole rings is 1. The molecule has 0 aliphatic heterocycles. The van der Waals surface area contributed by atoms with Crippen molar-refractivity contribution < 1.29 is 23.4 Å². The van der Waals surface area contributed by atoms with Gasteiger partial charge in [0, 0.05) is 17.7 Å². The number of hydrogen-bond donors (Lipinski definition) is 4. The number of nitrogens with one attached hydrogen (secondary N) is 2. The summed E-state index contributed by atoms with van der Waals surface area (Å²) in [6.45, 7) is 0.717. The molecule has 0 radical (unpaired) electrons. The summed E-state index contributed by atoms with van der Waals surface area (Å²) in [5.74, 6) is -1.81. The Morgan fingerprint density at radius 2 is 1.82 bits per heavy atom. The summed E-state index contributed by atoms with van der Waals surface area (Å²) in [6, 6.07) is 15.5. The standard InChI is InChI=1S/C27H22F2N6O3/c28-17-7-4-15(5-8-17)25-26(16-6-9-19-21(12-16)33-23(14-32-19)38-11-10-30)35-22(34-25)13-31-20-3-1-2-18(24(20)29)27(36)37/h1-9,12,14,31H,10-11,13,30H2,(H,34,35)(H,36,37). The van der Waals surface area contributed by atoms with Crippen LogP contribution in [0.25, 0.3) is 33.5 Å². The zero-order valence-electron chi connectivity index (χ0n) is 19.9. The quantitative estimate of drug-likeness (QED) is 0.223. The summed E-state index contributed by atoms with van der Waals surface area (Å²) in [5, 5.41) is 12.1. The minimum atomic E-state index is -1.36. The van der Waals surface area contributed by atoms with Crippen molar-refractivity contribution in [2.75, 3.05) is 18.5 Å². The molecule has 0 unspecified atom stereocenters. The van der Waals surface area contributed by atoms with Gasteiger partial charge < -0.3 is 25.9 Å². The average molecular weight is 517 g/mol. The SMILES string of the molecule is NCCOc1cnc2ccc(-c3nc(CNc4cccc(C(=O)O)c4F)[nH]c3-c3ccc(F)cc3)cc2n1. The number of carboxylic acid groups (broad SMARTS) is 1. The maximum Gasteiger partial charge on any atom is 0.338 e. The number of halogens is 2. The molecule has 3 aromatic carbocycles. The van der Waals surface area contributed by atoms with Gasteiger partial charge in [0.1, 0.15) is 18.2 Å². The molecule has 0 amide bonds. The predicted molar refractivity (Wildman–Crippen MR) is 138 cm³/mol. The van der Waals surface area contributed by atoms with Crippen molar-refractivity contribution in [3.05, 3.63) is 89.9 Å². The molecule has 5 N–H and O–H groups in total. The normalized spacial score (nSPS) is 11.0. The topological polar surface area (TPSA) is 139 Å². The molecule has 9 nitrogen and oxygen atoms in total. The number of nitrogens with zero attached hydrogens (tertiary/aromatic N) is 3.